The fourth-order valence-electron chi connectivity index (χ4n) is 1.60. The summed E-state index contributed by atoms with van der Waals surface area (Å²) >= 11 is 0. The van der Waals surface area contributed by atoms with Crippen LogP contribution in [0, 0.1) is 0 Å². The molecule has 8 heteroatoms. The highest BCUT2D eigenvalue weighted by atomic mass is 16.7. The van der Waals surface area contributed by atoms with Crippen molar-refractivity contribution < 1.29 is 24.6 Å². The summed E-state index contributed by atoms with van der Waals surface area (Å²) < 4.78 is 12.1. The van der Waals surface area contributed by atoms with E-state index in [0.29, 0.717) is 10.1 Å². The molecule has 0 spiro atoms. The van der Waals surface area contributed by atoms with Gasteiger partial charge in [0.15, 0.2) is 0 Å². The van der Waals surface area contributed by atoms with Gasteiger partial charge in [0.25, 0.3) is 0 Å². The summed E-state index contributed by atoms with van der Waals surface area (Å²) in [5.41, 5.74) is -0.488. The lowest BCUT2D eigenvalue weighted by molar-refractivity contribution is -0.380. The maximum absolute atomic E-state index is 8.98. The van der Waals surface area contributed by atoms with E-state index in [9.17, 15) is 0 Å². The lowest BCUT2D eigenvalue weighted by Crippen LogP contribution is -2.41. The van der Waals surface area contributed by atoms with Crippen molar-refractivity contribution in [1.29, 1.82) is 0 Å². The summed E-state index contributed by atoms with van der Waals surface area (Å²) in [6.45, 7) is 7.63. The molecule has 2 rings (SSSR count). The molecule has 1 aliphatic heterocycles. The van der Waals surface area contributed by atoms with Gasteiger partial charge in [-0.3, -0.25) is 0 Å². The fourth-order valence-corrected chi connectivity index (χ4v) is 1.60. The van der Waals surface area contributed by atoms with E-state index in [0.717, 1.165) is 0 Å². The van der Waals surface area contributed by atoms with E-state index in [1.807, 2.05) is 27.7 Å². The van der Waals surface area contributed by atoms with Crippen LogP contribution in [-0.4, -0.2) is 43.4 Å². The van der Waals surface area contributed by atoms with Gasteiger partial charge in [-0.1, -0.05) is 0 Å². The molecule has 0 bridgehead atoms. The van der Waals surface area contributed by atoms with Crippen LogP contribution in [0.3, 0.4) is 0 Å². The van der Waals surface area contributed by atoms with Crippen LogP contribution >= 0.6 is 0 Å². The zero-order chi connectivity index (χ0) is 13.8. The van der Waals surface area contributed by atoms with Gasteiger partial charge in [-0.25, -0.2) is 0 Å². The first kappa shape index (κ1) is 13.5. The standard InChI is InChI=1S/C10H17BN2O5/c1-8(2)9(3,4)18-11(17-8)7-5-12-13(6-7)10(14,15)16/h5-6,14-16H,1-4H3. The SMILES string of the molecule is CC1(C)OB(c2cnn(C(O)(O)O)c2)OC1(C)C. The third-order valence-corrected chi connectivity index (χ3v) is 3.44. The summed E-state index contributed by atoms with van der Waals surface area (Å²) in [4.78, 5) is 0. The summed E-state index contributed by atoms with van der Waals surface area (Å²) in [6, 6.07) is 0. The Morgan fingerprint density at radius 2 is 1.67 bits per heavy atom. The minimum absolute atomic E-state index is 0.492. The Morgan fingerprint density at radius 1 is 1.17 bits per heavy atom. The maximum Gasteiger partial charge on any atom is 0.498 e. The molecule has 7 nitrogen and oxygen atoms in total. The summed E-state index contributed by atoms with van der Waals surface area (Å²) in [7, 11) is -0.661. The Morgan fingerprint density at radius 3 is 2.06 bits per heavy atom. The summed E-state index contributed by atoms with van der Waals surface area (Å²) in [5, 5.41) is 30.6. The lowest BCUT2D eigenvalue weighted by atomic mass is 9.82. The summed E-state index contributed by atoms with van der Waals surface area (Å²) in [5.74, 6) is 0. The molecule has 1 aromatic rings. The zero-order valence-corrected chi connectivity index (χ0v) is 10.8. The highest BCUT2D eigenvalue weighted by molar-refractivity contribution is 6.61. The Hall–Kier alpha value is -0.925. The van der Waals surface area contributed by atoms with Gasteiger partial charge in [0.2, 0.25) is 0 Å². The quantitative estimate of drug-likeness (QED) is 0.451. The fraction of sp³-hybridized carbons (Fsp3) is 0.700. The molecule has 100 valence electrons. The van der Waals surface area contributed by atoms with Crippen LogP contribution in [0.5, 0.6) is 0 Å². The van der Waals surface area contributed by atoms with Gasteiger partial charge >= 0.3 is 13.2 Å². The van der Waals surface area contributed by atoms with Gasteiger partial charge in [-0.2, -0.15) is 9.78 Å². The largest absolute Gasteiger partial charge is 0.498 e. The van der Waals surface area contributed by atoms with E-state index in [1.165, 1.54) is 12.4 Å². The maximum atomic E-state index is 8.98. The molecule has 0 saturated carbocycles. The first-order valence-corrected chi connectivity index (χ1v) is 5.61. The number of hydrogen-bond donors (Lipinski definition) is 3. The molecule has 3 N–H and O–H groups in total. The normalized spacial score (nSPS) is 22.5. The topological polar surface area (TPSA) is 97.0 Å². The van der Waals surface area contributed by atoms with Crippen molar-refractivity contribution >= 4 is 12.6 Å². The number of hydrogen-bond acceptors (Lipinski definition) is 6. The molecule has 0 aliphatic carbocycles. The van der Waals surface area contributed by atoms with Gasteiger partial charge in [0, 0.05) is 17.9 Å². The average Bonchev–Trinajstić information content (AvgIpc) is 2.69. The minimum Gasteiger partial charge on any atom is -0.399 e. The Balaban J connectivity index is 2.23. The van der Waals surface area contributed by atoms with E-state index in [1.54, 1.807) is 0 Å². The number of aliphatic hydroxyl groups is 3. The lowest BCUT2D eigenvalue weighted by Gasteiger charge is -2.32. The van der Waals surface area contributed by atoms with Crippen LogP contribution < -0.4 is 5.46 Å². The molecule has 2 heterocycles. The molecule has 0 aromatic carbocycles. The monoisotopic (exact) mass is 256 g/mol. The molecule has 1 saturated heterocycles. The van der Waals surface area contributed by atoms with Crippen LogP contribution in [0.25, 0.3) is 0 Å². The Bertz CT molecular complexity index is 435. The van der Waals surface area contributed by atoms with E-state index in [-0.39, 0.29) is 0 Å². The summed E-state index contributed by atoms with van der Waals surface area (Å²) in [6.07, 6.45) is -0.427. The van der Waals surface area contributed by atoms with Crippen LogP contribution in [0.4, 0.5) is 0 Å². The molecule has 0 atom stereocenters. The van der Waals surface area contributed by atoms with Crippen molar-refractivity contribution in [3.63, 3.8) is 0 Å². The molecule has 0 radical (unpaired) electrons. The van der Waals surface area contributed by atoms with Crippen molar-refractivity contribution in [2.75, 3.05) is 0 Å². The van der Waals surface area contributed by atoms with Gasteiger partial charge < -0.3 is 24.6 Å². The van der Waals surface area contributed by atoms with Crippen molar-refractivity contribution in [2.24, 2.45) is 0 Å². The predicted molar refractivity (Wildman–Crippen MR) is 62.6 cm³/mol. The van der Waals surface area contributed by atoms with E-state index in [4.69, 9.17) is 24.6 Å². The third kappa shape index (κ3) is 2.17. The molecule has 1 aromatic heterocycles. The highest BCUT2D eigenvalue weighted by Gasteiger charge is 2.52. The first-order chi connectivity index (χ1) is 8.03. The zero-order valence-electron chi connectivity index (χ0n) is 10.8. The molecule has 0 amide bonds. The van der Waals surface area contributed by atoms with Gasteiger partial charge in [0.1, 0.15) is 0 Å². The molecule has 1 aliphatic rings. The van der Waals surface area contributed by atoms with Crippen molar-refractivity contribution in [1.82, 2.24) is 9.78 Å². The van der Waals surface area contributed by atoms with Crippen LogP contribution in [0.1, 0.15) is 27.7 Å². The second-order valence-electron chi connectivity index (χ2n) is 5.41. The number of rotatable bonds is 2. The predicted octanol–water partition coefficient (Wildman–Crippen LogP) is -1.27. The number of aromatic nitrogens is 2. The van der Waals surface area contributed by atoms with E-state index < -0.39 is 24.4 Å². The van der Waals surface area contributed by atoms with Crippen molar-refractivity contribution in [3.05, 3.63) is 12.4 Å². The second-order valence-corrected chi connectivity index (χ2v) is 5.41. The first-order valence-electron chi connectivity index (χ1n) is 5.61. The molecular weight excluding hydrogens is 239 g/mol. The van der Waals surface area contributed by atoms with Gasteiger partial charge in [-0.15, -0.1) is 0 Å². The smallest absolute Gasteiger partial charge is 0.399 e. The Labute approximate surface area is 105 Å². The van der Waals surface area contributed by atoms with Crippen LogP contribution in [0.15, 0.2) is 12.4 Å². The molecule has 18 heavy (non-hydrogen) atoms. The minimum atomic E-state index is -3.03. The van der Waals surface area contributed by atoms with Crippen molar-refractivity contribution in [3.8, 4) is 0 Å². The number of nitrogens with zero attached hydrogens (tertiary/aromatic N) is 2. The highest BCUT2D eigenvalue weighted by Crippen LogP contribution is 2.36. The average molecular weight is 256 g/mol. The van der Waals surface area contributed by atoms with Gasteiger partial charge in [0.05, 0.1) is 11.2 Å². The second kappa shape index (κ2) is 3.78. The third-order valence-electron chi connectivity index (χ3n) is 3.44. The van der Waals surface area contributed by atoms with Crippen molar-refractivity contribution in [2.45, 2.75) is 45.0 Å². The Kier molecular flexibility index (Phi) is 2.84. The molecule has 1 fully saturated rings. The van der Waals surface area contributed by atoms with E-state index >= 15 is 0 Å². The van der Waals surface area contributed by atoms with Crippen LogP contribution in [0.2, 0.25) is 0 Å². The van der Waals surface area contributed by atoms with E-state index in [2.05, 4.69) is 5.10 Å². The van der Waals surface area contributed by atoms with Crippen LogP contribution in [-0.2, 0) is 15.4 Å². The molecular formula is C10H17BN2O5. The van der Waals surface area contributed by atoms with Gasteiger partial charge in [-0.05, 0) is 27.7 Å². The molecule has 0 unspecified atom stereocenters.